The second-order valence-corrected chi connectivity index (χ2v) is 13.7. The van der Waals surface area contributed by atoms with Gasteiger partial charge in [0.05, 0.1) is 45.5 Å². The minimum Gasteiger partial charge on any atom is -0.477 e. The fourth-order valence-electron chi connectivity index (χ4n) is 6.63. The molecule has 3 aromatic rings. The molecule has 4 aliphatic rings. The van der Waals surface area contributed by atoms with Crippen LogP contribution in [0.25, 0.3) is 0 Å². The molecule has 0 radical (unpaired) electrons. The van der Waals surface area contributed by atoms with E-state index in [1.165, 1.54) is 21.6 Å². The number of hydrogen-bond acceptors (Lipinski definition) is 10. The molecule has 0 spiro atoms. The molecule has 4 aliphatic heterocycles. The van der Waals surface area contributed by atoms with Gasteiger partial charge in [-0.1, -0.05) is 50.2 Å². The van der Waals surface area contributed by atoms with Gasteiger partial charge in [-0.2, -0.15) is 0 Å². The van der Waals surface area contributed by atoms with Crippen LogP contribution >= 0.6 is 11.8 Å². The molecule has 14 heteroatoms. The van der Waals surface area contributed by atoms with Crippen LogP contribution < -0.4 is 5.32 Å². The molecule has 7 rings (SSSR count). The maximum atomic E-state index is 14.2. The first-order valence-corrected chi connectivity index (χ1v) is 17.5. The van der Waals surface area contributed by atoms with E-state index in [4.69, 9.17) is 4.74 Å². The molecule has 1 unspecified atom stereocenters. The summed E-state index contributed by atoms with van der Waals surface area (Å²) >= 11 is 1.25. The highest BCUT2D eigenvalue weighted by Gasteiger charge is 2.41. The number of nitrogens with zero attached hydrogens (tertiary/aromatic N) is 4. The monoisotopic (exact) mass is 707 g/mol. The zero-order chi connectivity index (χ0) is 36.0. The highest BCUT2D eigenvalue weighted by molar-refractivity contribution is 7.99. The SMILES string of the molecule is CC(C)C1=C(OCCN2C(=O)c3ccccc3C2=O)NC(SCCN2C(=O)c3ccccc3C2=O)N(CCN2C(=O)c3ccccc3C2=O)C1=O. The Morgan fingerprint density at radius 1 is 0.569 bits per heavy atom. The number of carbonyl (C=O) groups is 7. The Bertz CT molecular complexity index is 1960. The van der Waals surface area contributed by atoms with E-state index < -0.39 is 46.8 Å². The van der Waals surface area contributed by atoms with E-state index in [1.54, 1.807) is 72.8 Å². The fraction of sp³-hybridized carbons (Fsp3) is 0.270. The first-order valence-electron chi connectivity index (χ1n) is 16.5. The highest BCUT2D eigenvalue weighted by atomic mass is 32.2. The molecule has 0 saturated carbocycles. The number of benzene rings is 3. The van der Waals surface area contributed by atoms with Crippen LogP contribution in [-0.2, 0) is 9.53 Å². The Morgan fingerprint density at radius 3 is 1.37 bits per heavy atom. The minimum absolute atomic E-state index is 0.0134. The van der Waals surface area contributed by atoms with Gasteiger partial charge in [0.1, 0.15) is 6.61 Å². The van der Waals surface area contributed by atoms with Gasteiger partial charge in [0, 0.05) is 25.4 Å². The Labute approximate surface area is 297 Å². The number of rotatable bonds is 12. The molecular formula is C37H33N5O8S. The predicted octanol–water partition coefficient (Wildman–Crippen LogP) is 3.21. The summed E-state index contributed by atoms with van der Waals surface area (Å²) in [7, 11) is 0. The normalized spacial score (nSPS) is 18.3. The summed E-state index contributed by atoms with van der Waals surface area (Å²) in [4.78, 5) is 97.2. The standard InChI is InChI=1S/C37H33N5O8S/c1-21(2)28-29(50-19-17-40-32(45)24-11-5-6-12-25(24)33(40)46)38-37(51-20-18-41-34(47)26-13-7-8-14-27(26)35(41)48)42(36(28)49)16-15-39-30(43)22-9-3-4-10-23(22)31(39)44/h3-14,21,37-38H,15-20H2,1-2H3. The van der Waals surface area contributed by atoms with Crippen molar-refractivity contribution in [3.05, 3.63) is 118 Å². The molecule has 0 aromatic heterocycles. The Hall–Kier alpha value is -5.76. The zero-order valence-electron chi connectivity index (χ0n) is 27.8. The first-order chi connectivity index (χ1) is 24.6. The van der Waals surface area contributed by atoms with Crippen LogP contribution in [0, 0.1) is 5.92 Å². The second kappa shape index (κ2) is 13.5. The molecule has 13 nitrogen and oxygen atoms in total. The van der Waals surface area contributed by atoms with Crippen LogP contribution in [0.1, 0.15) is 76.0 Å². The van der Waals surface area contributed by atoms with E-state index in [2.05, 4.69) is 5.32 Å². The molecule has 0 saturated heterocycles. The van der Waals surface area contributed by atoms with E-state index >= 15 is 0 Å². The molecule has 0 bridgehead atoms. The third-order valence-electron chi connectivity index (χ3n) is 9.20. The van der Waals surface area contributed by atoms with Crippen LogP contribution in [-0.4, -0.2) is 105 Å². The van der Waals surface area contributed by atoms with Crippen molar-refractivity contribution in [1.29, 1.82) is 0 Å². The summed E-state index contributed by atoms with van der Waals surface area (Å²) in [6.07, 6.45) is 0. The lowest BCUT2D eigenvalue weighted by Gasteiger charge is -2.39. The topological polar surface area (TPSA) is 154 Å². The summed E-state index contributed by atoms with van der Waals surface area (Å²) in [5, 5.41) is 3.27. The lowest BCUT2D eigenvalue weighted by Crippen LogP contribution is -2.55. The molecule has 0 fully saturated rings. The minimum atomic E-state index is -0.792. The average Bonchev–Trinajstić information content (AvgIpc) is 3.63. The first kappa shape index (κ1) is 33.7. The van der Waals surface area contributed by atoms with Crippen LogP contribution in [0.3, 0.4) is 0 Å². The average molecular weight is 708 g/mol. The number of carbonyl (C=O) groups excluding carboxylic acids is 7. The maximum Gasteiger partial charge on any atom is 0.261 e. The molecule has 4 heterocycles. The Morgan fingerprint density at radius 2 is 0.961 bits per heavy atom. The quantitative estimate of drug-likeness (QED) is 0.278. The third-order valence-corrected chi connectivity index (χ3v) is 10.3. The van der Waals surface area contributed by atoms with Gasteiger partial charge in [0.2, 0.25) is 0 Å². The molecule has 3 aromatic carbocycles. The molecule has 1 N–H and O–H groups in total. The van der Waals surface area contributed by atoms with Crippen LogP contribution in [0.4, 0.5) is 0 Å². The predicted molar refractivity (Wildman–Crippen MR) is 184 cm³/mol. The molecule has 51 heavy (non-hydrogen) atoms. The van der Waals surface area contributed by atoms with Crippen LogP contribution in [0.5, 0.6) is 0 Å². The van der Waals surface area contributed by atoms with E-state index in [-0.39, 0.29) is 50.3 Å². The number of hydrogen-bond donors (Lipinski definition) is 1. The Kier molecular flexibility index (Phi) is 8.93. The van der Waals surface area contributed by atoms with Gasteiger partial charge in [0.15, 0.2) is 11.4 Å². The van der Waals surface area contributed by atoms with E-state index in [1.807, 2.05) is 13.8 Å². The van der Waals surface area contributed by atoms with Crippen molar-refractivity contribution >= 4 is 53.1 Å². The van der Waals surface area contributed by atoms with E-state index in [0.29, 0.717) is 39.0 Å². The van der Waals surface area contributed by atoms with Crippen molar-refractivity contribution in [2.45, 2.75) is 19.3 Å². The number of thioether (sulfide) groups is 1. The maximum absolute atomic E-state index is 14.2. The Balaban J connectivity index is 1.09. The van der Waals surface area contributed by atoms with Gasteiger partial charge < -0.3 is 15.0 Å². The number of amides is 7. The second-order valence-electron chi connectivity index (χ2n) is 12.5. The number of imide groups is 3. The van der Waals surface area contributed by atoms with E-state index in [9.17, 15) is 33.6 Å². The van der Waals surface area contributed by atoms with Crippen molar-refractivity contribution in [1.82, 2.24) is 24.9 Å². The summed E-state index contributed by atoms with van der Waals surface area (Å²) in [6.45, 7) is 3.46. The molecule has 7 amide bonds. The summed E-state index contributed by atoms with van der Waals surface area (Å²) < 4.78 is 6.10. The highest BCUT2D eigenvalue weighted by Crippen LogP contribution is 2.31. The van der Waals surface area contributed by atoms with Gasteiger partial charge in [-0.3, -0.25) is 48.3 Å². The van der Waals surface area contributed by atoms with Crippen molar-refractivity contribution in [3.63, 3.8) is 0 Å². The summed E-state index contributed by atoms with van der Waals surface area (Å²) in [5.41, 5.74) is 1.41. The largest absolute Gasteiger partial charge is 0.477 e. The lowest BCUT2D eigenvalue weighted by molar-refractivity contribution is -0.130. The van der Waals surface area contributed by atoms with Gasteiger partial charge in [-0.25, -0.2) is 0 Å². The van der Waals surface area contributed by atoms with Crippen molar-refractivity contribution in [2.24, 2.45) is 5.92 Å². The molecule has 1 atom stereocenters. The summed E-state index contributed by atoms with van der Waals surface area (Å²) in [5.74, 6) is -2.85. The number of ether oxygens (including phenoxy) is 1. The van der Waals surface area contributed by atoms with Gasteiger partial charge in [-0.15, -0.1) is 11.8 Å². The van der Waals surface area contributed by atoms with Crippen molar-refractivity contribution in [3.8, 4) is 0 Å². The molecule has 0 aliphatic carbocycles. The van der Waals surface area contributed by atoms with Crippen molar-refractivity contribution in [2.75, 3.05) is 38.5 Å². The van der Waals surface area contributed by atoms with Gasteiger partial charge >= 0.3 is 0 Å². The third kappa shape index (κ3) is 5.84. The molecule has 260 valence electrons. The number of fused-ring (bicyclic) bond motifs is 3. The fourth-order valence-corrected chi connectivity index (χ4v) is 7.72. The van der Waals surface area contributed by atoms with E-state index in [0.717, 1.165) is 9.80 Å². The molecular weight excluding hydrogens is 675 g/mol. The van der Waals surface area contributed by atoms with Crippen molar-refractivity contribution < 1.29 is 38.3 Å². The summed E-state index contributed by atoms with van der Waals surface area (Å²) in [6, 6.07) is 19.7. The van der Waals surface area contributed by atoms with Crippen LogP contribution in [0.2, 0.25) is 0 Å². The zero-order valence-corrected chi connectivity index (χ0v) is 28.6. The lowest BCUT2D eigenvalue weighted by atomic mass is 10.0. The number of nitrogens with one attached hydrogen (secondary N) is 1. The van der Waals surface area contributed by atoms with Gasteiger partial charge in [-0.05, 0) is 42.3 Å². The smallest absolute Gasteiger partial charge is 0.261 e. The van der Waals surface area contributed by atoms with Gasteiger partial charge in [0.25, 0.3) is 41.4 Å². The van der Waals surface area contributed by atoms with Crippen LogP contribution in [0.15, 0.2) is 84.3 Å².